The smallest absolute Gasteiger partial charge is 0.306 e. The van der Waals surface area contributed by atoms with Crippen LogP contribution in [0.25, 0.3) is 0 Å². The molecule has 0 aliphatic heterocycles. The second kappa shape index (κ2) is 8.96. The van der Waals surface area contributed by atoms with Crippen molar-refractivity contribution in [1.29, 1.82) is 0 Å². The van der Waals surface area contributed by atoms with E-state index < -0.39 is 17.6 Å². The number of esters is 1. The van der Waals surface area contributed by atoms with Gasteiger partial charge in [0, 0.05) is 12.0 Å². The van der Waals surface area contributed by atoms with E-state index in [9.17, 15) is 14.4 Å². The van der Waals surface area contributed by atoms with Crippen LogP contribution in [0.15, 0.2) is 29.3 Å². The average molecular weight is 334 g/mol. The lowest BCUT2D eigenvalue weighted by Crippen LogP contribution is -2.24. The van der Waals surface area contributed by atoms with E-state index in [1.165, 1.54) is 6.08 Å². The monoisotopic (exact) mass is 334 g/mol. The minimum absolute atomic E-state index is 0.129. The van der Waals surface area contributed by atoms with Gasteiger partial charge < -0.3 is 4.74 Å². The Bertz CT molecular complexity index is 630. The largest absolute Gasteiger partial charge is 0.460 e. The van der Waals surface area contributed by atoms with Gasteiger partial charge >= 0.3 is 5.97 Å². The molecule has 0 aliphatic carbocycles. The summed E-state index contributed by atoms with van der Waals surface area (Å²) in [5.74, 6) is -0.983. The minimum atomic E-state index is -0.624. The predicted molar refractivity (Wildman–Crippen MR) is 86.4 cm³/mol. The van der Waals surface area contributed by atoms with Gasteiger partial charge in [-0.1, -0.05) is 12.1 Å². The van der Waals surface area contributed by atoms with E-state index in [0.717, 1.165) is 5.56 Å². The summed E-state index contributed by atoms with van der Waals surface area (Å²) >= 11 is 0. The Kier molecular flexibility index (Phi) is 7.30. The molecule has 0 saturated heterocycles. The first-order chi connectivity index (χ1) is 11.2. The highest BCUT2D eigenvalue weighted by Crippen LogP contribution is 2.15. The Morgan fingerprint density at radius 2 is 2.08 bits per heavy atom. The molecule has 0 spiro atoms. The van der Waals surface area contributed by atoms with Gasteiger partial charge in [0.1, 0.15) is 5.60 Å². The number of benzene rings is 1. The van der Waals surface area contributed by atoms with Crippen LogP contribution in [0.3, 0.4) is 0 Å². The number of isocyanates is 1. The molecule has 2 N–H and O–H groups in total. The zero-order valence-electron chi connectivity index (χ0n) is 14.0. The van der Waals surface area contributed by atoms with Crippen molar-refractivity contribution < 1.29 is 24.3 Å². The van der Waals surface area contributed by atoms with E-state index in [0.29, 0.717) is 12.8 Å². The number of carbonyl (C=O) groups excluding carboxylic acids is 3. The summed E-state index contributed by atoms with van der Waals surface area (Å²) in [4.78, 5) is 37.5. The molecule has 1 aromatic carbocycles. The van der Waals surface area contributed by atoms with Crippen LogP contribution in [0, 0.1) is 0 Å². The Hall–Kier alpha value is -2.50. The maximum Gasteiger partial charge on any atom is 0.306 e. The quantitative estimate of drug-likeness (QED) is 0.261. The minimum Gasteiger partial charge on any atom is -0.460 e. The Morgan fingerprint density at radius 1 is 1.38 bits per heavy atom. The Morgan fingerprint density at radius 3 is 2.67 bits per heavy atom. The fraction of sp³-hybridized carbons (Fsp3) is 0.471. The van der Waals surface area contributed by atoms with Crippen molar-refractivity contribution in [2.24, 2.45) is 4.99 Å². The summed E-state index contributed by atoms with van der Waals surface area (Å²) in [7, 11) is 0. The number of aliphatic imine (C=N–C) groups is 1. The molecule has 7 nitrogen and oxygen atoms in total. The highest BCUT2D eigenvalue weighted by molar-refractivity contribution is 5.93. The third-order valence-electron chi connectivity index (χ3n) is 3.10. The van der Waals surface area contributed by atoms with Crippen molar-refractivity contribution in [2.75, 3.05) is 0 Å². The highest BCUT2D eigenvalue weighted by atomic mass is 16.6. The van der Waals surface area contributed by atoms with Crippen molar-refractivity contribution in [3.05, 3.63) is 35.4 Å². The van der Waals surface area contributed by atoms with E-state index in [2.05, 4.69) is 4.99 Å². The first-order valence-corrected chi connectivity index (χ1v) is 7.57. The number of rotatable bonds is 7. The molecule has 0 fully saturated rings. The standard InChI is InChI=1S/C17H22N2O5/c1-17(2,3)24-15(21)8-7-14(18-11-20)10-12-5-4-6-13(9-12)16(22)19-23/h4-6,9,14,23H,7-8,10H2,1-3H3,(H,19,22). The summed E-state index contributed by atoms with van der Waals surface area (Å²) in [5, 5.41) is 8.66. The number of hydroxylamine groups is 1. The second-order valence-electron chi connectivity index (χ2n) is 6.34. The lowest BCUT2D eigenvalue weighted by molar-refractivity contribution is -0.155. The molecule has 1 atom stereocenters. The number of hydrogen-bond donors (Lipinski definition) is 2. The lowest BCUT2D eigenvalue weighted by atomic mass is 10.0. The SMILES string of the molecule is CC(C)(C)OC(=O)CCC(Cc1cccc(C(=O)NO)c1)N=C=O. The molecule has 1 aromatic rings. The summed E-state index contributed by atoms with van der Waals surface area (Å²) in [5.41, 5.74) is 2.04. The molecule has 0 aromatic heterocycles. The van der Waals surface area contributed by atoms with Gasteiger partial charge in [-0.3, -0.25) is 14.8 Å². The van der Waals surface area contributed by atoms with Gasteiger partial charge in [-0.15, -0.1) is 0 Å². The number of ether oxygens (including phenoxy) is 1. The first-order valence-electron chi connectivity index (χ1n) is 7.57. The molecule has 1 rings (SSSR count). The number of amides is 1. The third-order valence-corrected chi connectivity index (χ3v) is 3.10. The molecular weight excluding hydrogens is 312 g/mol. The van der Waals surface area contributed by atoms with Crippen LogP contribution >= 0.6 is 0 Å². The normalized spacial score (nSPS) is 12.0. The van der Waals surface area contributed by atoms with Crippen LogP contribution in [0.4, 0.5) is 0 Å². The van der Waals surface area contributed by atoms with Gasteiger partial charge in [0.2, 0.25) is 6.08 Å². The van der Waals surface area contributed by atoms with Crippen LogP contribution in [-0.4, -0.2) is 34.8 Å². The van der Waals surface area contributed by atoms with Crippen molar-refractivity contribution in [3.63, 3.8) is 0 Å². The molecule has 24 heavy (non-hydrogen) atoms. The summed E-state index contributed by atoms with van der Waals surface area (Å²) in [6.45, 7) is 5.34. The van der Waals surface area contributed by atoms with Gasteiger partial charge in [-0.25, -0.2) is 15.3 Å². The van der Waals surface area contributed by atoms with Crippen molar-refractivity contribution >= 4 is 18.0 Å². The van der Waals surface area contributed by atoms with Gasteiger partial charge in [0.25, 0.3) is 5.91 Å². The molecule has 1 unspecified atom stereocenters. The second-order valence-corrected chi connectivity index (χ2v) is 6.34. The molecular formula is C17H22N2O5. The maximum atomic E-state index is 11.8. The van der Waals surface area contributed by atoms with Crippen molar-refractivity contribution in [3.8, 4) is 0 Å². The summed E-state index contributed by atoms with van der Waals surface area (Å²) in [6.07, 6.45) is 2.34. The number of hydrogen-bond acceptors (Lipinski definition) is 6. The van der Waals surface area contributed by atoms with Crippen molar-refractivity contribution in [2.45, 2.75) is 51.7 Å². The van der Waals surface area contributed by atoms with Crippen molar-refractivity contribution in [1.82, 2.24) is 5.48 Å². The molecule has 0 saturated carbocycles. The van der Waals surface area contributed by atoms with E-state index in [1.807, 2.05) is 0 Å². The molecule has 0 heterocycles. The average Bonchev–Trinajstić information content (AvgIpc) is 2.50. The van der Waals surface area contributed by atoms with E-state index in [4.69, 9.17) is 9.94 Å². The van der Waals surface area contributed by atoms with Gasteiger partial charge in [-0.2, -0.15) is 0 Å². The highest BCUT2D eigenvalue weighted by Gasteiger charge is 2.18. The van der Waals surface area contributed by atoms with Crippen LogP contribution in [-0.2, 0) is 20.7 Å². The Balaban J connectivity index is 2.71. The van der Waals surface area contributed by atoms with Gasteiger partial charge in [0.05, 0.1) is 6.04 Å². The molecule has 7 heteroatoms. The molecule has 0 bridgehead atoms. The number of carbonyl (C=O) groups is 2. The van der Waals surface area contributed by atoms with Crippen LogP contribution in [0.5, 0.6) is 0 Å². The van der Waals surface area contributed by atoms with Crippen LogP contribution < -0.4 is 5.48 Å². The van der Waals surface area contributed by atoms with E-state index >= 15 is 0 Å². The summed E-state index contributed by atoms with van der Waals surface area (Å²) in [6, 6.07) is 6.13. The predicted octanol–water partition coefficient (Wildman–Crippen LogP) is 2.17. The molecule has 130 valence electrons. The Labute approximate surface area is 140 Å². The van der Waals surface area contributed by atoms with E-state index in [1.54, 1.807) is 50.5 Å². The number of nitrogens with zero attached hydrogens (tertiary/aromatic N) is 1. The first kappa shape index (κ1) is 19.5. The zero-order chi connectivity index (χ0) is 18.2. The summed E-state index contributed by atoms with van der Waals surface area (Å²) < 4.78 is 5.22. The molecule has 0 aliphatic rings. The van der Waals surface area contributed by atoms with Gasteiger partial charge in [-0.05, 0) is 51.3 Å². The molecule has 1 amide bonds. The van der Waals surface area contributed by atoms with E-state index in [-0.39, 0.29) is 18.0 Å². The van der Waals surface area contributed by atoms with Gasteiger partial charge in [0.15, 0.2) is 0 Å². The lowest BCUT2D eigenvalue weighted by Gasteiger charge is -2.20. The van der Waals surface area contributed by atoms with Crippen LogP contribution in [0.2, 0.25) is 0 Å². The number of nitrogens with one attached hydrogen (secondary N) is 1. The topological polar surface area (TPSA) is 105 Å². The fourth-order valence-corrected chi connectivity index (χ4v) is 2.14. The third kappa shape index (κ3) is 7.17. The maximum absolute atomic E-state index is 11.8. The zero-order valence-corrected chi connectivity index (χ0v) is 14.0. The fourth-order valence-electron chi connectivity index (χ4n) is 2.14. The molecule has 0 radical (unpaired) electrons. The van der Waals surface area contributed by atoms with Crippen LogP contribution in [0.1, 0.15) is 49.5 Å².